The molecule has 0 unspecified atom stereocenters. The van der Waals surface area contributed by atoms with Gasteiger partial charge in [-0.15, -0.1) is 5.10 Å². The zero-order valence-electron chi connectivity index (χ0n) is 11.2. The second-order valence-corrected chi connectivity index (χ2v) is 5.21. The fraction of sp³-hybridized carbons (Fsp3) is 0.231. The minimum atomic E-state index is -1.00. The van der Waals surface area contributed by atoms with E-state index in [1.54, 1.807) is 12.1 Å². The molecule has 7 nitrogen and oxygen atoms in total. The van der Waals surface area contributed by atoms with E-state index < -0.39 is 5.97 Å². The number of carbonyl (C=O) groups is 2. The van der Waals surface area contributed by atoms with Crippen LogP contribution in [-0.4, -0.2) is 32.0 Å². The van der Waals surface area contributed by atoms with Gasteiger partial charge in [-0.2, -0.15) is 0 Å². The number of carboxylic acids is 1. The second kappa shape index (κ2) is 6.49. The average Bonchev–Trinajstić information content (AvgIpc) is 2.86. The topological polar surface area (TPSA) is 97.1 Å². The molecule has 2 aromatic rings. The fourth-order valence-electron chi connectivity index (χ4n) is 1.72. The molecule has 1 aromatic heterocycles. The Hall–Kier alpha value is -2.22. The number of carboxylic acid groups (broad SMARTS) is 1. The number of hydrogen-bond acceptors (Lipinski definition) is 4. The van der Waals surface area contributed by atoms with Crippen molar-refractivity contribution in [1.82, 2.24) is 20.3 Å². The van der Waals surface area contributed by atoms with Crippen LogP contribution in [0.15, 0.2) is 28.9 Å². The van der Waals surface area contributed by atoms with Crippen molar-refractivity contribution in [2.75, 3.05) is 0 Å². The third-order valence-corrected chi connectivity index (χ3v) is 3.80. The van der Waals surface area contributed by atoms with Crippen molar-refractivity contribution in [2.24, 2.45) is 0 Å². The Bertz CT molecular complexity index is 684. The molecule has 0 fully saturated rings. The summed E-state index contributed by atoms with van der Waals surface area (Å²) in [6.45, 7) is 1.82. The highest BCUT2D eigenvalue weighted by atomic mass is 79.9. The van der Waals surface area contributed by atoms with Gasteiger partial charge in [0, 0.05) is 4.47 Å². The Morgan fingerprint density at radius 1 is 1.43 bits per heavy atom. The smallest absolute Gasteiger partial charge is 0.325 e. The first-order valence-corrected chi connectivity index (χ1v) is 6.91. The van der Waals surface area contributed by atoms with Crippen LogP contribution < -0.4 is 5.32 Å². The number of aryl methyl sites for hydroxylation is 1. The summed E-state index contributed by atoms with van der Waals surface area (Å²) in [5.41, 5.74) is 2.00. The van der Waals surface area contributed by atoms with Crippen LogP contribution in [-0.2, 0) is 17.9 Å². The number of aliphatic carboxylic acids is 1. The molecule has 8 heteroatoms. The molecule has 110 valence electrons. The molecule has 1 aromatic carbocycles. The molecule has 0 saturated carbocycles. The van der Waals surface area contributed by atoms with Gasteiger partial charge < -0.3 is 10.4 Å². The number of benzene rings is 1. The number of nitrogens with one attached hydrogen (secondary N) is 1. The van der Waals surface area contributed by atoms with E-state index in [2.05, 4.69) is 31.6 Å². The molecule has 1 heterocycles. The molecule has 2 N–H and O–H groups in total. The van der Waals surface area contributed by atoms with Crippen molar-refractivity contribution in [3.63, 3.8) is 0 Å². The normalized spacial score (nSPS) is 10.4. The van der Waals surface area contributed by atoms with E-state index in [1.165, 1.54) is 10.9 Å². The number of amides is 1. The largest absolute Gasteiger partial charge is 0.480 e. The van der Waals surface area contributed by atoms with Crippen LogP contribution in [0.25, 0.3) is 0 Å². The molecule has 0 spiro atoms. The van der Waals surface area contributed by atoms with E-state index in [9.17, 15) is 9.59 Å². The summed E-state index contributed by atoms with van der Waals surface area (Å²) in [5, 5.41) is 18.8. The third-order valence-electron chi connectivity index (χ3n) is 2.75. The molecule has 1 amide bonds. The maximum absolute atomic E-state index is 12.1. The predicted octanol–water partition coefficient (Wildman–Crippen LogP) is 1.36. The lowest BCUT2D eigenvalue weighted by atomic mass is 10.1. The number of halogens is 1. The quantitative estimate of drug-likeness (QED) is 0.846. The Labute approximate surface area is 129 Å². The Kier molecular flexibility index (Phi) is 4.69. The molecular formula is C13H13BrN4O3. The lowest BCUT2D eigenvalue weighted by molar-refractivity contribution is -0.137. The zero-order valence-corrected chi connectivity index (χ0v) is 12.8. The summed E-state index contributed by atoms with van der Waals surface area (Å²) < 4.78 is 1.95. The molecule has 0 atom stereocenters. The van der Waals surface area contributed by atoms with Crippen LogP contribution in [0.2, 0.25) is 0 Å². The third kappa shape index (κ3) is 3.88. The van der Waals surface area contributed by atoms with Gasteiger partial charge >= 0.3 is 5.97 Å². The van der Waals surface area contributed by atoms with E-state index in [1.807, 2.05) is 13.0 Å². The first-order valence-electron chi connectivity index (χ1n) is 6.11. The van der Waals surface area contributed by atoms with Crippen molar-refractivity contribution < 1.29 is 14.7 Å². The van der Waals surface area contributed by atoms with Gasteiger partial charge in [-0.3, -0.25) is 9.59 Å². The van der Waals surface area contributed by atoms with E-state index in [-0.39, 0.29) is 19.0 Å². The first-order chi connectivity index (χ1) is 9.97. The van der Waals surface area contributed by atoms with Crippen LogP contribution in [0.1, 0.15) is 21.6 Å². The zero-order chi connectivity index (χ0) is 15.4. The second-order valence-electron chi connectivity index (χ2n) is 4.42. The highest BCUT2D eigenvalue weighted by molar-refractivity contribution is 9.10. The van der Waals surface area contributed by atoms with Crippen molar-refractivity contribution >= 4 is 27.8 Å². The molecule has 0 aliphatic heterocycles. The van der Waals surface area contributed by atoms with Crippen LogP contribution in [0.4, 0.5) is 0 Å². The lowest BCUT2D eigenvalue weighted by Crippen LogP contribution is -2.23. The molecule has 2 rings (SSSR count). The van der Waals surface area contributed by atoms with E-state index in [0.29, 0.717) is 11.3 Å². The van der Waals surface area contributed by atoms with Crippen LogP contribution >= 0.6 is 15.9 Å². The van der Waals surface area contributed by atoms with Gasteiger partial charge in [-0.25, -0.2) is 4.68 Å². The number of hydrogen-bond donors (Lipinski definition) is 2. The number of carbonyl (C=O) groups excluding carboxylic acids is 1. The van der Waals surface area contributed by atoms with Crippen LogP contribution in [0, 0.1) is 6.92 Å². The number of nitrogens with zero attached hydrogens (tertiary/aromatic N) is 3. The minimum Gasteiger partial charge on any atom is -0.480 e. The summed E-state index contributed by atoms with van der Waals surface area (Å²) >= 11 is 3.38. The van der Waals surface area contributed by atoms with E-state index >= 15 is 0 Å². The summed E-state index contributed by atoms with van der Waals surface area (Å²) in [7, 11) is 0. The summed E-state index contributed by atoms with van der Waals surface area (Å²) in [6, 6.07) is 5.42. The van der Waals surface area contributed by atoms with Gasteiger partial charge in [0.1, 0.15) is 12.2 Å². The van der Waals surface area contributed by atoms with Gasteiger partial charge in [0.2, 0.25) is 0 Å². The average molecular weight is 353 g/mol. The number of aromatic nitrogens is 3. The lowest BCUT2D eigenvalue weighted by Gasteiger charge is -2.07. The van der Waals surface area contributed by atoms with Gasteiger partial charge in [0.15, 0.2) is 0 Å². The summed E-state index contributed by atoms with van der Waals surface area (Å²) in [6.07, 6.45) is 1.49. The van der Waals surface area contributed by atoms with Gasteiger partial charge in [0.05, 0.1) is 18.3 Å². The summed E-state index contributed by atoms with van der Waals surface area (Å²) in [4.78, 5) is 22.6. The molecule has 0 bridgehead atoms. The van der Waals surface area contributed by atoms with Crippen LogP contribution in [0.3, 0.4) is 0 Å². The maximum atomic E-state index is 12.1. The summed E-state index contributed by atoms with van der Waals surface area (Å²) in [5.74, 6) is -1.24. The van der Waals surface area contributed by atoms with Gasteiger partial charge in [-0.05, 0) is 34.5 Å². The predicted molar refractivity (Wildman–Crippen MR) is 77.7 cm³/mol. The molecule has 0 aliphatic carbocycles. The Morgan fingerprint density at radius 3 is 2.90 bits per heavy atom. The van der Waals surface area contributed by atoms with E-state index in [0.717, 1.165) is 10.0 Å². The number of rotatable bonds is 5. The highest BCUT2D eigenvalue weighted by Crippen LogP contribution is 2.20. The molecule has 0 aliphatic rings. The van der Waals surface area contributed by atoms with Crippen molar-refractivity contribution in [2.45, 2.75) is 20.0 Å². The maximum Gasteiger partial charge on any atom is 0.325 e. The molecule has 21 heavy (non-hydrogen) atoms. The van der Waals surface area contributed by atoms with Gasteiger partial charge in [-0.1, -0.05) is 17.3 Å². The molecule has 0 radical (unpaired) electrons. The molecular weight excluding hydrogens is 340 g/mol. The Balaban J connectivity index is 1.99. The van der Waals surface area contributed by atoms with Gasteiger partial charge in [0.25, 0.3) is 5.91 Å². The van der Waals surface area contributed by atoms with Crippen molar-refractivity contribution in [3.05, 3.63) is 45.7 Å². The molecule has 0 saturated heterocycles. The standard InChI is InChI=1S/C13H13BrN4O3/c1-8-3-2-4-10(12(8)14)13(21)15-5-9-6-18(17-16-9)7-11(19)20/h2-4,6H,5,7H2,1H3,(H,15,21)(H,19,20). The Morgan fingerprint density at radius 2 is 2.19 bits per heavy atom. The van der Waals surface area contributed by atoms with Crippen molar-refractivity contribution in [3.8, 4) is 0 Å². The van der Waals surface area contributed by atoms with Crippen molar-refractivity contribution in [1.29, 1.82) is 0 Å². The highest BCUT2D eigenvalue weighted by Gasteiger charge is 2.12. The monoisotopic (exact) mass is 352 g/mol. The fourth-order valence-corrected chi connectivity index (χ4v) is 2.17. The van der Waals surface area contributed by atoms with E-state index in [4.69, 9.17) is 5.11 Å². The minimum absolute atomic E-state index is 0.179. The first kappa shape index (κ1) is 15.2. The van der Waals surface area contributed by atoms with Crippen LogP contribution in [0.5, 0.6) is 0 Å². The SMILES string of the molecule is Cc1cccc(C(=O)NCc2cn(CC(=O)O)nn2)c1Br.